The van der Waals surface area contributed by atoms with Gasteiger partial charge in [0.05, 0.1) is 24.1 Å². The summed E-state index contributed by atoms with van der Waals surface area (Å²) in [6.45, 7) is 5.93. The van der Waals surface area contributed by atoms with E-state index in [0.717, 1.165) is 37.4 Å². The molecule has 240 valence electrons. The first-order valence-corrected chi connectivity index (χ1v) is 15.4. The molecule has 1 aliphatic heterocycles. The number of aromatic nitrogens is 3. The molecule has 2 aromatic heterocycles. The van der Waals surface area contributed by atoms with Gasteiger partial charge in [-0.3, -0.25) is 4.79 Å². The third-order valence-corrected chi connectivity index (χ3v) is 7.42. The van der Waals surface area contributed by atoms with E-state index in [2.05, 4.69) is 35.5 Å². The van der Waals surface area contributed by atoms with Crippen molar-refractivity contribution < 1.29 is 19.4 Å². The van der Waals surface area contributed by atoms with Crippen molar-refractivity contribution >= 4 is 46.5 Å². The summed E-state index contributed by atoms with van der Waals surface area (Å²) in [5.41, 5.74) is 2.41. The number of aliphatic imine (C=N–C) groups is 1. The molecule has 1 aliphatic rings. The van der Waals surface area contributed by atoms with E-state index < -0.39 is 11.9 Å². The monoisotopic (exact) mass is 631 g/mol. The molecular weight excluding hydrogens is 594 g/mol. The Balaban J connectivity index is 1.20. The lowest BCUT2D eigenvalue weighted by molar-refractivity contribution is 0.0696. The van der Waals surface area contributed by atoms with Gasteiger partial charge in [0, 0.05) is 30.6 Å². The highest BCUT2D eigenvalue weighted by Gasteiger charge is 2.21. The van der Waals surface area contributed by atoms with Gasteiger partial charge in [0.25, 0.3) is 11.9 Å². The molecule has 11 nitrogen and oxygen atoms in total. The molecule has 2 aromatic carbocycles. The van der Waals surface area contributed by atoms with Crippen molar-refractivity contribution in [2.45, 2.75) is 26.7 Å². The normalized spacial score (nSPS) is 14.0. The number of para-hydroxylation sites is 1. The summed E-state index contributed by atoms with van der Waals surface area (Å²) in [4.78, 5) is 44.8. The zero-order valence-corrected chi connectivity index (χ0v) is 26.3. The summed E-state index contributed by atoms with van der Waals surface area (Å²) in [5.74, 6) is 0.964. The highest BCUT2D eigenvalue weighted by molar-refractivity contribution is 6.03. The van der Waals surface area contributed by atoms with Crippen LogP contribution in [0.3, 0.4) is 0 Å². The summed E-state index contributed by atoms with van der Waals surface area (Å²) in [7, 11) is 0. The number of nitrogens with one attached hydrogen (secondary N) is 2. The number of allylic oxidation sites excluding steroid dienone is 4. The molecule has 1 amide bonds. The zero-order chi connectivity index (χ0) is 33.0. The first-order chi connectivity index (χ1) is 22.9. The van der Waals surface area contributed by atoms with Gasteiger partial charge in [-0.15, -0.1) is 0 Å². The highest BCUT2D eigenvalue weighted by Crippen LogP contribution is 2.25. The molecule has 0 radical (unpaired) electrons. The van der Waals surface area contributed by atoms with E-state index in [1.54, 1.807) is 36.5 Å². The second-order valence-corrected chi connectivity index (χ2v) is 11.0. The van der Waals surface area contributed by atoms with Gasteiger partial charge in [-0.05, 0) is 81.1 Å². The van der Waals surface area contributed by atoms with Gasteiger partial charge in [-0.1, -0.05) is 42.5 Å². The molecule has 0 aliphatic carbocycles. The number of piperidine rings is 1. The average molecular weight is 632 g/mol. The van der Waals surface area contributed by atoms with Crippen LogP contribution in [-0.4, -0.2) is 57.3 Å². The van der Waals surface area contributed by atoms with Crippen LogP contribution in [0.15, 0.2) is 108 Å². The molecule has 0 saturated carbocycles. The molecule has 0 atom stereocenters. The minimum Gasteiger partial charge on any atom is -0.493 e. The van der Waals surface area contributed by atoms with Gasteiger partial charge in [-0.2, -0.15) is 4.98 Å². The van der Waals surface area contributed by atoms with Crippen molar-refractivity contribution in [3.05, 3.63) is 115 Å². The van der Waals surface area contributed by atoms with Crippen LogP contribution in [-0.2, 0) is 0 Å². The fraction of sp³-hybridized carbons (Fsp3) is 0.222. The third kappa shape index (κ3) is 9.57. The van der Waals surface area contributed by atoms with Crippen LogP contribution in [0.1, 0.15) is 47.5 Å². The Bertz CT molecular complexity index is 1760. The lowest BCUT2D eigenvalue weighted by atomic mass is 9.98. The number of benzene rings is 2. The quantitative estimate of drug-likeness (QED) is 0.110. The van der Waals surface area contributed by atoms with E-state index in [1.807, 2.05) is 80.6 Å². The minimum absolute atomic E-state index is 0.158. The lowest BCUT2D eigenvalue weighted by Gasteiger charge is -2.32. The van der Waals surface area contributed by atoms with E-state index in [9.17, 15) is 14.7 Å². The van der Waals surface area contributed by atoms with Crippen molar-refractivity contribution in [3.63, 3.8) is 0 Å². The second-order valence-electron chi connectivity index (χ2n) is 11.0. The number of amides is 1. The van der Waals surface area contributed by atoms with Crippen molar-refractivity contribution in [2.24, 2.45) is 10.9 Å². The maximum absolute atomic E-state index is 13.3. The number of carboxylic acids is 1. The van der Waals surface area contributed by atoms with Crippen LogP contribution < -0.4 is 20.3 Å². The van der Waals surface area contributed by atoms with Gasteiger partial charge in [0.1, 0.15) is 23.1 Å². The lowest BCUT2D eigenvalue weighted by Crippen LogP contribution is -2.36. The molecule has 4 aromatic rings. The molecule has 11 heteroatoms. The molecule has 3 heterocycles. The van der Waals surface area contributed by atoms with Gasteiger partial charge < -0.3 is 25.4 Å². The molecule has 0 spiro atoms. The molecule has 3 N–H and O–H groups in total. The summed E-state index contributed by atoms with van der Waals surface area (Å²) in [5, 5.41) is 15.3. The Kier molecular flexibility index (Phi) is 11.0. The third-order valence-electron chi connectivity index (χ3n) is 7.42. The smallest absolute Gasteiger partial charge is 0.335 e. The summed E-state index contributed by atoms with van der Waals surface area (Å²) in [6.07, 6.45) is 11.0. The zero-order valence-electron chi connectivity index (χ0n) is 26.3. The molecule has 0 bridgehead atoms. The van der Waals surface area contributed by atoms with Crippen LogP contribution in [0.5, 0.6) is 5.75 Å². The largest absolute Gasteiger partial charge is 0.493 e. The summed E-state index contributed by atoms with van der Waals surface area (Å²) in [6, 6.07) is 21.4. The second kappa shape index (κ2) is 15.9. The number of nitrogens with zero attached hydrogens (tertiary/aromatic N) is 5. The van der Waals surface area contributed by atoms with Crippen molar-refractivity contribution in [1.29, 1.82) is 0 Å². The predicted molar refractivity (Wildman–Crippen MR) is 185 cm³/mol. The maximum atomic E-state index is 13.3. The number of hydrogen-bond acceptors (Lipinski definition) is 9. The Morgan fingerprint density at radius 3 is 2.53 bits per heavy atom. The number of anilines is 4. The van der Waals surface area contributed by atoms with E-state index >= 15 is 0 Å². The fourth-order valence-electron chi connectivity index (χ4n) is 4.94. The van der Waals surface area contributed by atoms with Crippen LogP contribution in [0, 0.1) is 5.92 Å². The van der Waals surface area contributed by atoms with Gasteiger partial charge in [0.2, 0.25) is 0 Å². The Morgan fingerprint density at radius 2 is 1.81 bits per heavy atom. The fourth-order valence-corrected chi connectivity index (χ4v) is 4.94. The summed E-state index contributed by atoms with van der Waals surface area (Å²) >= 11 is 0. The van der Waals surface area contributed by atoms with E-state index in [1.165, 1.54) is 0 Å². The topological polar surface area (TPSA) is 142 Å². The molecule has 5 rings (SSSR count). The molecule has 1 saturated heterocycles. The first kappa shape index (κ1) is 32.6. The molecule has 1 fully saturated rings. The number of hydrogen-bond donors (Lipinski definition) is 3. The number of carbonyl (C=O) groups excluding carboxylic acids is 1. The van der Waals surface area contributed by atoms with E-state index in [-0.39, 0.29) is 17.2 Å². The van der Waals surface area contributed by atoms with E-state index in [0.29, 0.717) is 35.5 Å². The predicted octanol–water partition coefficient (Wildman–Crippen LogP) is 7.09. The standard InChI is InChI=1S/C36H37N7O4/c1-3-4-6-10-25(2)38-36-41-31(22-32(42-36)39-28-12-7-5-8-13-28)34(44)40-29-15-16-33(37-23-29)43-19-17-26(18-20-43)24-47-30-14-9-11-27(21-30)35(45)46/h3-16,21-23,26H,17-20,24H2,1-2H3,(H,40,44)(H,45,46)(H,39,41,42)/b4-3?,10-6-,38-25?. The number of carbonyl (C=O) groups is 2. The number of aromatic carboxylic acids is 1. The van der Waals surface area contributed by atoms with Crippen LogP contribution >= 0.6 is 0 Å². The van der Waals surface area contributed by atoms with Crippen molar-refractivity contribution in [3.8, 4) is 5.75 Å². The number of ether oxygens (including phenoxy) is 1. The average Bonchev–Trinajstić information content (AvgIpc) is 3.08. The Hall–Kier alpha value is -5.84. The summed E-state index contributed by atoms with van der Waals surface area (Å²) < 4.78 is 5.89. The van der Waals surface area contributed by atoms with Crippen LogP contribution in [0.25, 0.3) is 0 Å². The van der Waals surface area contributed by atoms with E-state index in [4.69, 9.17) is 4.74 Å². The van der Waals surface area contributed by atoms with Gasteiger partial charge in [0.15, 0.2) is 0 Å². The highest BCUT2D eigenvalue weighted by atomic mass is 16.5. The number of rotatable bonds is 12. The Morgan fingerprint density at radius 1 is 1.00 bits per heavy atom. The minimum atomic E-state index is -0.973. The van der Waals surface area contributed by atoms with Crippen molar-refractivity contribution in [2.75, 3.05) is 35.2 Å². The SMILES string of the molecule is CC=C/C=C\C(C)=Nc1nc(Nc2ccccc2)cc(C(=O)Nc2ccc(N3CCC(COc4cccc(C(=O)O)c4)CC3)nc2)n1. The van der Waals surface area contributed by atoms with Crippen LogP contribution in [0.4, 0.5) is 29.0 Å². The van der Waals surface area contributed by atoms with Crippen LogP contribution in [0.2, 0.25) is 0 Å². The number of pyridine rings is 1. The molecule has 47 heavy (non-hydrogen) atoms. The number of carboxylic acid groups (broad SMARTS) is 1. The van der Waals surface area contributed by atoms with Gasteiger partial charge >= 0.3 is 5.97 Å². The molecule has 0 unspecified atom stereocenters. The first-order valence-electron chi connectivity index (χ1n) is 15.4. The molecular formula is C36H37N7O4. The Labute approximate surface area is 273 Å². The van der Waals surface area contributed by atoms with Crippen molar-refractivity contribution in [1.82, 2.24) is 15.0 Å². The van der Waals surface area contributed by atoms with Gasteiger partial charge in [-0.25, -0.2) is 19.8 Å². The maximum Gasteiger partial charge on any atom is 0.335 e.